The molecule has 55 valence electrons. The Balaban J connectivity index is 2.22. The Morgan fingerprint density at radius 2 is 1.30 bits per heavy atom. The second kappa shape index (κ2) is 5.28. The van der Waals surface area contributed by atoms with Gasteiger partial charge < -0.3 is 0 Å². The van der Waals surface area contributed by atoms with Crippen molar-refractivity contribution in [3.05, 3.63) is 30.7 Å². The van der Waals surface area contributed by atoms with E-state index in [0.29, 0.717) is 0 Å². The normalized spacial score (nSPS) is 27.2. The van der Waals surface area contributed by atoms with Crippen LogP contribution in [0.5, 0.6) is 0 Å². The van der Waals surface area contributed by atoms with Gasteiger partial charge in [-0.2, -0.15) is 0 Å². The van der Waals surface area contributed by atoms with Crippen molar-refractivity contribution in [1.29, 1.82) is 0 Å². The zero-order chi connectivity index (χ0) is 7.07. The third-order valence-corrected chi connectivity index (χ3v) is 1.68. The number of hydrogen-bond donors (Lipinski definition) is 0. The largest absolute Gasteiger partial charge is 0.0885 e. The number of allylic oxidation sites excluding steroid dienone is 4. The van der Waals surface area contributed by atoms with E-state index in [4.69, 9.17) is 0 Å². The maximum absolute atomic E-state index is 2.30. The smallest absolute Gasteiger partial charge is 0.0311 e. The zero-order valence-corrected chi connectivity index (χ0v) is 6.42. The fraction of sp³-hybridized carbons (Fsp3) is 0.500. The van der Waals surface area contributed by atoms with Crippen molar-refractivity contribution in [3.8, 4) is 0 Å². The van der Waals surface area contributed by atoms with Crippen molar-refractivity contribution in [1.82, 2.24) is 0 Å². The standard InChI is InChI=1S/C10H15/c1-2-4-6-8-10-9-7-5-3-1/h1-2,5,9-10H,3-4,6-8H2/b2-1+,10-9+. The lowest BCUT2D eigenvalue weighted by molar-refractivity contribution is 0.856. The molecule has 1 rings (SSSR count). The van der Waals surface area contributed by atoms with E-state index in [-0.39, 0.29) is 0 Å². The van der Waals surface area contributed by atoms with Crippen LogP contribution in [0.4, 0.5) is 0 Å². The molecular formula is C10H15. The Morgan fingerprint density at radius 1 is 0.700 bits per heavy atom. The molecule has 1 aliphatic carbocycles. The van der Waals surface area contributed by atoms with Crippen LogP contribution in [0.3, 0.4) is 0 Å². The molecule has 0 unspecified atom stereocenters. The minimum atomic E-state index is 1.14. The summed E-state index contributed by atoms with van der Waals surface area (Å²) in [6, 6.07) is 0. The minimum absolute atomic E-state index is 1.14. The van der Waals surface area contributed by atoms with Gasteiger partial charge in [0, 0.05) is 0 Å². The van der Waals surface area contributed by atoms with Gasteiger partial charge in [-0.15, -0.1) is 0 Å². The summed E-state index contributed by atoms with van der Waals surface area (Å²) >= 11 is 0. The first kappa shape index (κ1) is 7.59. The molecule has 0 aliphatic heterocycles. The summed E-state index contributed by atoms with van der Waals surface area (Å²) in [6.45, 7) is 0. The van der Waals surface area contributed by atoms with E-state index < -0.39 is 0 Å². The fourth-order valence-corrected chi connectivity index (χ4v) is 1.07. The highest BCUT2D eigenvalue weighted by molar-refractivity contribution is 4.94. The molecule has 0 bridgehead atoms. The fourth-order valence-electron chi connectivity index (χ4n) is 1.07. The van der Waals surface area contributed by atoms with Crippen LogP contribution in [-0.2, 0) is 0 Å². The first-order chi connectivity index (χ1) is 5.00. The van der Waals surface area contributed by atoms with Gasteiger partial charge in [0.1, 0.15) is 0 Å². The van der Waals surface area contributed by atoms with Gasteiger partial charge in [-0.25, -0.2) is 0 Å². The average Bonchev–Trinajstić information content (AvgIpc) is 2.01. The van der Waals surface area contributed by atoms with Crippen LogP contribution in [-0.4, -0.2) is 0 Å². The van der Waals surface area contributed by atoms with Crippen LogP contribution in [0, 0.1) is 6.42 Å². The lowest BCUT2D eigenvalue weighted by Crippen LogP contribution is -1.76. The molecule has 0 heterocycles. The van der Waals surface area contributed by atoms with E-state index in [0.717, 1.165) is 12.8 Å². The third-order valence-electron chi connectivity index (χ3n) is 1.68. The average molecular weight is 135 g/mol. The van der Waals surface area contributed by atoms with Gasteiger partial charge in [-0.05, 0) is 38.5 Å². The van der Waals surface area contributed by atoms with Gasteiger partial charge in [0.2, 0.25) is 0 Å². The molecule has 0 heteroatoms. The van der Waals surface area contributed by atoms with Crippen molar-refractivity contribution in [3.63, 3.8) is 0 Å². The maximum atomic E-state index is 2.30. The molecule has 0 nitrogen and oxygen atoms in total. The second-order valence-electron chi connectivity index (χ2n) is 2.63. The van der Waals surface area contributed by atoms with E-state index >= 15 is 0 Å². The molecule has 0 atom stereocenters. The molecule has 0 saturated heterocycles. The van der Waals surface area contributed by atoms with Gasteiger partial charge in [0.05, 0.1) is 0 Å². The van der Waals surface area contributed by atoms with Gasteiger partial charge in [0.25, 0.3) is 0 Å². The van der Waals surface area contributed by atoms with Gasteiger partial charge >= 0.3 is 0 Å². The Morgan fingerprint density at radius 3 is 1.90 bits per heavy atom. The molecule has 0 amide bonds. The lowest BCUT2D eigenvalue weighted by Gasteiger charge is -1.95. The molecular weight excluding hydrogens is 120 g/mol. The van der Waals surface area contributed by atoms with Crippen molar-refractivity contribution >= 4 is 0 Å². The molecule has 0 aromatic rings. The summed E-state index contributed by atoms with van der Waals surface area (Å²) in [6.07, 6.45) is 17.5. The highest BCUT2D eigenvalue weighted by atomic mass is 13.9. The van der Waals surface area contributed by atoms with Crippen molar-refractivity contribution in [2.75, 3.05) is 0 Å². The van der Waals surface area contributed by atoms with Crippen LogP contribution >= 0.6 is 0 Å². The van der Waals surface area contributed by atoms with Gasteiger partial charge in [0.15, 0.2) is 0 Å². The van der Waals surface area contributed by atoms with Crippen molar-refractivity contribution < 1.29 is 0 Å². The molecule has 10 heavy (non-hydrogen) atoms. The molecule has 0 aromatic heterocycles. The lowest BCUT2D eigenvalue weighted by atomic mass is 10.1. The number of rotatable bonds is 0. The molecule has 0 fully saturated rings. The summed E-state index contributed by atoms with van der Waals surface area (Å²) in [7, 11) is 0. The predicted molar refractivity (Wildman–Crippen MR) is 45.7 cm³/mol. The van der Waals surface area contributed by atoms with E-state index in [2.05, 4.69) is 30.7 Å². The summed E-state index contributed by atoms with van der Waals surface area (Å²) < 4.78 is 0. The highest BCUT2D eigenvalue weighted by Gasteiger charge is 1.85. The molecule has 0 N–H and O–H groups in total. The van der Waals surface area contributed by atoms with Gasteiger partial charge in [-0.3, -0.25) is 0 Å². The van der Waals surface area contributed by atoms with E-state index in [1.165, 1.54) is 19.3 Å². The second-order valence-corrected chi connectivity index (χ2v) is 2.63. The van der Waals surface area contributed by atoms with Crippen LogP contribution in [0.25, 0.3) is 0 Å². The first-order valence-corrected chi connectivity index (χ1v) is 4.12. The minimum Gasteiger partial charge on any atom is -0.0885 e. The van der Waals surface area contributed by atoms with Crippen molar-refractivity contribution in [2.24, 2.45) is 0 Å². The van der Waals surface area contributed by atoms with Crippen LogP contribution in [0.2, 0.25) is 0 Å². The van der Waals surface area contributed by atoms with Crippen LogP contribution in [0.15, 0.2) is 24.3 Å². The van der Waals surface area contributed by atoms with Crippen LogP contribution < -0.4 is 0 Å². The molecule has 1 aliphatic rings. The van der Waals surface area contributed by atoms with E-state index in [1.807, 2.05) is 0 Å². The summed E-state index contributed by atoms with van der Waals surface area (Å²) in [4.78, 5) is 0. The monoisotopic (exact) mass is 135 g/mol. The zero-order valence-electron chi connectivity index (χ0n) is 6.42. The first-order valence-electron chi connectivity index (χ1n) is 4.12. The maximum Gasteiger partial charge on any atom is -0.0311 e. The highest BCUT2D eigenvalue weighted by Crippen LogP contribution is 2.04. The summed E-state index contributed by atoms with van der Waals surface area (Å²) in [5.41, 5.74) is 0. The SMILES string of the molecule is [CH]1C/C=C/CCC/C=C/C1. The Hall–Kier alpha value is -0.520. The van der Waals surface area contributed by atoms with Crippen LogP contribution in [0.1, 0.15) is 32.1 Å². The molecule has 0 saturated carbocycles. The molecule has 0 aromatic carbocycles. The van der Waals surface area contributed by atoms with E-state index in [9.17, 15) is 0 Å². The molecule has 1 radical (unpaired) electrons. The quantitative estimate of drug-likeness (QED) is 0.447. The molecule has 0 spiro atoms. The third kappa shape index (κ3) is 3.49. The Bertz CT molecular complexity index is 92.0. The van der Waals surface area contributed by atoms with E-state index in [1.54, 1.807) is 0 Å². The van der Waals surface area contributed by atoms with Crippen molar-refractivity contribution in [2.45, 2.75) is 32.1 Å². The van der Waals surface area contributed by atoms with Gasteiger partial charge in [-0.1, -0.05) is 24.3 Å². The summed E-state index contributed by atoms with van der Waals surface area (Å²) in [5, 5.41) is 0. The Kier molecular flexibility index (Phi) is 4.00. The Labute approximate surface area is 63.6 Å². The topological polar surface area (TPSA) is 0 Å². The predicted octanol–water partition coefficient (Wildman–Crippen LogP) is 3.27. The summed E-state index contributed by atoms with van der Waals surface area (Å²) in [5.74, 6) is 0. The number of hydrogen-bond acceptors (Lipinski definition) is 0.